The lowest BCUT2D eigenvalue weighted by molar-refractivity contribution is -0.124. The van der Waals surface area contributed by atoms with Crippen LogP contribution < -0.4 is 5.32 Å². The number of thiophene rings is 1. The molecular weight excluding hydrogens is 312 g/mol. The molecule has 0 spiro atoms. The molecule has 2 aromatic rings. The predicted octanol–water partition coefficient (Wildman–Crippen LogP) is 1.00. The van der Waals surface area contributed by atoms with E-state index in [1.165, 1.54) is 4.88 Å². The minimum Gasteiger partial charge on any atom is -0.374 e. The molecule has 1 aliphatic heterocycles. The van der Waals surface area contributed by atoms with Crippen molar-refractivity contribution in [1.29, 1.82) is 0 Å². The Morgan fingerprint density at radius 1 is 1.48 bits per heavy atom. The first-order chi connectivity index (χ1) is 11.3. The lowest BCUT2D eigenvalue weighted by atomic mass is 10.2. The topological polar surface area (TPSA) is 59.4 Å². The Morgan fingerprint density at radius 3 is 3.22 bits per heavy atom. The van der Waals surface area contributed by atoms with Crippen molar-refractivity contribution in [3.8, 4) is 0 Å². The Hall–Kier alpha value is -1.70. The summed E-state index contributed by atoms with van der Waals surface area (Å²) in [5.41, 5.74) is 0. The number of hydrogen-bond donors (Lipinski definition) is 1. The number of carbonyl (C=O) groups is 1. The van der Waals surface area contributed by atoms with E-state index >= 15 is 0 Å². The van der Waals surface area contributed by atoms with Crippen molar-refractivity contribution in [2.45, 2.75) is 19.1 Å². The zero-order valence-electron chi connectivity index (χ0n) is 13.1. The molecule has 7 heteroatoms. The van der Waals surface area contributed by atoms with Gasteiger partial charge in [0.25, 0.3) is 0 Å². The van der Waals surface area contributed by atoms with Crippen LogP contribution in [0.4, 0.5) is 0 Å². The minimum atomic E-state index is 0.0845. The van der Waals surface area contributed by atoms with Gasteiger partial charge in [0.05, 0.1) is 25.8 Å². The average molecular weight is 334 g/mol. The van der Waals surface area contributed by atoms with Gasteiger partial charge in [-0.05, 0) is 23.9 Å². The van der Waals surface area contributed by atoms with Crippen LogP contribution in [-0.2, 0) is 22.5 Å². The van der Waals surface area contributed by atoms with Crippen LogP contribution in [0.2, 0.25) is 0 Å². The molecule has 2 aromatic heterocycles. The SMILES string of the molecule is O=C(CN1CCO[C@@H](Cn2cccn2)C1)NCCc1cccs1. The fourth-order valence-corrected chi connectivity index (χ4v) is 3.40. The highest BCUT2D eigenvalue weighted by Crippen LogP contribution is 2.09. The number of rotatable bonds is 7. The van der Waals surface area contributed by atoms with Gasteiger partial charge in [-0.3, -0.25) is 14.4 Å². The van der Waals surface area contributed by atoms with Gasteiger partial charge in [-0.2, -0.15) is 5.10 Å². The van der Waals surface area contributed by atoms with Gasteiger partial charge in [0.15, 0.2) is 0 Å². The predicted molar refractivity (Wildman–Crippen MR) is 89.4 cm³/mol. The van der Waals surface area contributed by atoms with Gasteiger partial charge in [-0.25, -0.2) is 0 Å². The van der Waals surface area contributed by atoms with Crippen molar-refractivity contribution in [3.05, 3.63) is 40.8 Å². The lowest BCUT2D eigenvalue weighted by Gasteiger charge is -2.32. The summed E-state index contributed by atoms with van der Waals surface area (Å²) < 4.78 is 7.63. The van der Waals surface area contributed by atoms with Crippen LogP contribution in [0, 0.1) is 0 Å². The van der Waals surface area contributed by atoms with Crippen molar-refractivity contribution in [2.24, 2.45) is 0 Å². The molecule has 124 valence electrons. The number of aromatic nitrogens is 2. The van der Waals surface area contributed by atoms with Crippen molar-refractivity contribution >= 4 is 17.2 Å². The van der Waals surface area contributed by atoms with Gasteiger partial charge in [0.1, 0.15) is 0 Å². The molecule has 3 rings (SSSR count). The molecule has 0 radical (unpaired) electrons. The normalized spacial score (nSPS) is 18.9. The smallest absolute Gasteiger partial charge is 0.234 e. The second kappa shape index (κ2) is 8.24. The number of ether oxygens (including phenoxy) is 1. The first-order valence-electron chi connectivity index (χ1n) is 7.90. The van der Waals surface area contributed by atoms with Crippen LogP contribution in [0.5, 0.6) is 0 Å². The van der Waals surface area contributed by atoms with Gasteiger partial charge in [-0.15, -0.1) is 11.3 Å². The lowest BCUT2D eigenvalue weighted by Crippen LogP contribution is -2.48. The van der Waals surface area contributed by atoms with Crippen molar-refractivity contribution in [1.82, 2.24) is 20.0 Å². The summed E-state index contributed by atoms with van der Waals surface area (Å²) in [5, 5.41) is 9.26. The van der Waals surface area contributed by atoms with Crippen LogP contribution in [0.15, 0.2) is 36.0 Å². The van der Waals surface area contributed by atoms with Crippen molar-refractivity contribution < 1.29 is 9.53 Å². The Balaban J connectivity index is 1.37. The molecule has 0 bridgehead atoms. The minimum absolute atomic E-state index is 0.0845. The van der Waals surface area contributed by atoms with Crippen molar-refractivity contribution in [3.63, 3.8) is 0 Å². The highest BCUT2D eigenvalue weighted by atomic mass is 32.1. The highest BCUT2D eigenvalue weighted by molar-refractivity contribution is 7.09. The van der Waals surface area contributed by atoms with E-state index in [0.29, 0.717) is 19.7 Å². The molecule has 1 N–H and O–H groups in total. The number of carbonyl (C=O) groups excluding carboxylic acids is 1. The molecule has 0 unspecified atom stereocenters. The fraction of sp³-hybridized carbons (Fsp3) is 0.500. The summed E-state index contributed by atoms with van der Waals surface area (Å²) in [5.74, 6) is 0.0845. The second-order valence-corrected chi connectivity index (χ2v) is 6.67. The molecule has 1 aliphatic rings. The van der Waals surface area contributed by atoms with E-state index in [-0.39, 0.29) is 12.0 Å². The third-order valence-corrected chi connectivity index (χ3v) is 4.75. The number of nitrogens with zero attached hydrogens (tertiary/aromatic N) is 3. The second-order valence-electron chi connectivity index (χ2n) is 5.64. The Labute approximate surface area is 140 Å². The van der Waals surface area contributed by atoms with Gasteiger partial charge in [0, 0.05) is 36.9 Å². The summed E-state index contributed by atoms with van der Waals surface area (Å²) >= 11 is 1.73. The maximum atomic E-state index is 12.1. The van der Waals surface area contributed by atoms with Crippen LogP contribution in [-0.4, -0.2) is 59.5 Å². The van der Waals surface area contributed by atoms with Crippen LogP contribution >= 0.6 is 11.3 Å². The number of hydrogen-bond acceptors (Lipinski definition) is 5. The maximum absolute atomic E-state index is 12.1. The molecule has 0 aliphatic carbocycles. The Bertz CT molecular complexity index is 585. The third kappa shape index (κ3) is 5.16. The summed E-state index contributed by atoms with van der Waals surface area (Å²) in [6, 6.07) is 6.04. The molecule has 1 fully saturated rings. The molecule has 3 heterocycles. The molecule has 1 saturated heterocycles. The van der Waals surface area contributed by atoms with E-state index in [9.17, 15) is 4.79 Å². The highest BCUT2D eigenvalue weighted by Gasteiger charge is 2.22. The van der Waals surface area contributed by atoms with E-state index < -0.39 is 0 Å². The number of morpholine rings is 1. The molecule has 23 heavy (non-hydrogen) atoms. The van der Waals surface area contributed by atoms with E-state index in [2.05, 4.69) is 26.8 Å². The van der Waals surface area contributed by atoms with E-state index in [4.69, 9.17) is 4.74 Å². The van der Waals surface area contributed by atoms with Crippen molar-refractivity contribution in [2.75, 3.05) is 32.8 Å². The Kier molecular flexibility index (Phi) is 5.79. The molecule has 0 saturated carbocycles. The summed E-state index contributed by atoms with van der Waals surface area (Å²) in [6.07, 6.45) is 4.68. The van der Waals surface area contributed by atoms with Crippen LogP contribution in [0.1, 0.15) is 4.88 Å². The van der Waals surface area contributed by atoms with E-state index in [1.54, 1.807) is 17.5 Å². The zero-order chi connectivity index (χ0) is 15.9. The molecule has 6 nitrogen and oxygen atoms in total. The first-order valence-corrected chi connectivity index (χ1v) is 8.78. The van der Waals surface area contributed by atoms with Gasteiger partial charge >= 0.3 is 0 Å². The first kappa shape index (κ1) is 16.2. The van der Waals surface area contributed by atoms with E-state index in [1.807, 2.05) is 23.0 Å². The van der Waals surface area contributed by atoms with Gasteiger partial charge in [-0.1, -0.05) is 6.07 Å². The summed E-state index contributed by atoms with van der Waals surface area (Å²) in [6.45, 7) is 4.08. The summed E-state index contributed by atoms with van der Waals surface area (Å²) in [4.78, 5) is 15.5. The maximum Gasteiger partial charge on any atom is 0.234 e. The molecule has 1 atom stereocenters. The quantitative estimate of drug-likeness (QED) is 0.821. The zero-order valence-corrected chi connectivity index (χ0v) is 13.9. The molecule has 1 amide bonds. The number of amides is 1. The Morgan fingerprint density at radius 2 is 2.43 bits per heavy atom. The fourth-order valence-electron chi connectivity index (χ4n) is 2.69. The average Bonchev–Trinajstić information content (AvgIpc) is 3.21. The van der Waals surface area contributed by atoms with Crippen LogP contribution in [0.25, 0.3) is 0 Å². The molecular formula is C16H22N4O2S. The molecule has 0 aromatic carbocycles. The summed E-state index contributed by atoms with van der Waals surface area (Å²) in [7, 11) is 0. The number of nitrogens with one attached hydrogen (secondary N) is 1. The monoisotopic (exact) mass is 334 g/mol. The van der Waals surface area contributed by atoms with Gasteiger partial charge in [0.2, 0.25) is 5.91 Å². The standard InChI is InChI=1S/C16H22N4O2S/c21-16(17-6-4-15-3-1-10-23-15)13-19-8-9-22-14(11-19)12-20-7-2-5-18-20/h1-3,5,7,10,14H,4,6,8-9,11-13H2,(H,17,21)/t14-/m1/s1. The third-order valence-electron chi connectivity index (χ3n) is 3.81. The van der Waals surface area contributed by atoms with Crippen LogP contribution in [0.3, 0.4) is 0 Å². The van der Waals surface area contributed by atoms with Gasteiger partial charge < -0.3 is 10.1 Å². The largest absolute Gasteiger partial charge is 0.374 e. The van der Waals surface area contributed by atoms with E-state index in [0.717, 1.165) is 26.1 Å².